The lowest BCUT2D eigenvalue weighted by Gasteiger charge is -2.28. The number of hydrogen-bond acceptors (Lipinski definition) is 7. The zero-order valence-corrected chi connectivity index (χ0v) is 17.2. The molecule has 0 aromatic carbocycles. The number of likely N-dealkylation sites (tertiary alicyclic amines) is 1. The molecule has 5 N–H and O–H groups in total. The molecule has 1 saturated heterocycles. The topological polar surface area (TPSA) is 142 Å². The number of aliphatic carboxylic acids is 1. The molecule has 1 fully saturated rings. The summed E-state index contributed by atoms with van der Waals surface area (Å²) >= 11 is 8.08. The molecule has 0 spiro atoms. The molecule has 0 aromatic rings. The fourth-order valence-electron chi connectivity index (χ4n) is 2.82. The van der Waals surface area contributed by atoms with Crippen molar-refractivity contribution < 1.29 is 24.3 Å². The Balaban J connectivity index is 2.78. The summed E-state index contributed by atoms with van der Waals surface area (Å²) in [5.41, 5.74) is 5.71. The summed E-state index contributed by atoms with van der Waals surface area (Å²) in [7, 11) is 0. The van der Waals surface area contributed by atoms with E-state index in [9.17, 15) is 24.3 Å². The molecular formula is C16H28N4O5S2. The Morgan fingerprint density at radius 3 is 2.30 bits per heavy atom. The first-order valence-electron chi connectivity index (χ1n) is 8.75. The Labute approximate surface area is 169 Å². The minimum atomic E-state index is -1.16. The van der Waals surface area contributed by atoms with E-state index in [-0.39, 0.29) is 23.3 Å². The maximum absolute atomic E-state index is 12.6. The van der Waals surface area contributed by atoms with Crippen LogP contribution in [0.4, 0.5) is 0 Å². The molecular weight excluding hydrogens is 392 g/mol. The molecule has 27 heavy (non-hydrogen) atoms. The number of amides is 3. The van der Waals surface area contributed by atoms with E-state index >= 15 is 0 Å². The third-order valence-corrected chi connectivity index (χ3v) is 5.16. The zero-order valence-electron chi connectivity index (χ0n) is 15.4. The van der Waals surface area contributed by atoms with Crippen molar-refractivity contribution >= 4 is 48.9 Å². The maximum Gasteiger partial charge on any atom is 0.326 e. The third kappa shape index (κ3) is 6.28. The van der Waals surface area contributed by atoms with Gasteiger partial charge in [-0.1, -0.05) is 13.8 Å². The van der Waals surface area contributed by atoms with Crippen LogP contribution in [0.5, 0.6) is 0 Å². The van der Waals surface area contributed by atoms with Crippen LogP contribution in [0.3, 0.4) is 0 Å². The number of rotatable bonds is 9. The van der Waals surface area contributed by atoms with Crippen molar-refractivity contribution in [3.8, 4) is 0 Å². The van der Waals surface area contributed by atoms with E-state index in [0.29, 0.717) is 19.4 Å². The predicted octanol–water partition coefficient (Wildman–Crippen LogP) is -1.13. The van der Waals surface area contributed by atoms with Crippen LogP contribution in [0.1, 0.15) is 26.7 Å². The van der Waals surface area contributed by atoms with Crippen molar-refractivity contribution in [2.45, 2.75) is 50.9 Å². The van der Waals surface area contributed by atoms with Crippen molar-refractivity contribution in [3.05, 3.63) is 0 Å². The summed E-state index contributed by atoms with van der Waals surface area (Å²) < 4.78 is 0. The number of nitrogens with two attached hydrogens (primary N) is 1. The van der Waals surface area contributed by atoms with Gasteiger partial charge in [0.1, 0.15) is 18.1 Å². The van der Waals surface area contributed by atoms with Crippen molar-refractivity contribution in [1.82, 2.24) is 15.5 Å². The number of nitrogens with one attached hydrogen (secondary N) is 2. The molecule has 0 bridgehead atoms. The molecule has 0 saturated carbocycles. The van der Waals surface area contributed by atoms with Crippen molar-refractivity contribution in [3.63, 3.8) is 0 Å². The fraction of sp³-hybridized carbons (Fsp3) is 0.750. The molecule has 1 rings (SSSR count). The van der Waals surface area contributed by atoms with Crippen LogP contribution < -0.4 is 16.4 Å². The van der Waals surface area contributed by atoms with Crippen molar-refractivity contribution in [1.29, 1.82) is 0 Å². The number of nitrogens with zero attached hydrogens (tertiary/aromatic N) is 1. The third-order valence-electron chi connectivity index (χ3n) is 4.40. The lowest BCUT2D eigenvalue weighted by atomic mass is 10.0. The number of carbonyl (C=O) groups excluding carboxylic acids is 3. The summed E-state index contributed by atoms with van der Waals surface area (Å²) in [5.74, 6) is -2.82. The Hall–Kier alpha value is -1.46. The molecule has 11 heteroatoms. The van der Waals surface area contributed by atoms with E-state index in [1.165, 1.54) is 4.90 Å². The molecule has 4 atom stereocenters. The normalized spacial score (nSPS) is 20.1. The minimum Gasteiger partial charge on any atom is -0.480 e. The SMILES string of the molecule is CC(C)C(NC(=O)C(CS)NC(=O)C1CCCN1C(=O)C(N)CS)C(=O)O. The number of carbonyl (C=O) groups is 4. The van der Waals surface area contributed by atoms with Gasteiger partial charge in [0.25, 0.3) is 0 Å². The van der Waals surface area contributed by atoms with E-state index in [1.54, 1.807) is 13.8 Å². The number of carboxylic acids is 1. The fourth-order valence-corrected chi connectivity index (χ4v) is 3.24. The summed E-state index contributed by atoms with van der Waals surface area (Å²) in [4.78, 5) is 49.9. The molecule has 4 unspecified atom stereocenters. The largest absolute Gasteiger partial charge is 0.480 e. The second kappa shape index (κ2) is 10.8. The average molecular weight is 421 g/mol. The highest BCUT2D eigenvalue weighted by molar-refractivity contribution is 7.80. The lowest BCUT2D eigenvalue weighted by molar-refractivity contribution is -0.144. The van der Waals surface area contributed by atoms with Gasteiger partial charge in [0.2, 0.25) is 17.7 Å². The smallest absolute Gasteiger partial charge is 0.326 e. The van der Waals surface area contributed by atoms with E-state index in [1.807, 2.05) is 0 Å². The van der Waals surface area contributed by atoms with E-state index < -0.39 is 42.0 Å². The van der Waals surface area contributed by atoms with Gasteiger partial charge in [-0.05, 0) is 18.8 Å². The van der Waals surface area contributed by atoms with Gasteiger partial charge in [0.05, 0.1) is 6.04 Å². The highest BCUT2D eigenvalue weighted by Crippen LogP contribution is 2.19. The van der Waals surface area contributed by atoms with Crippen molar-refractivity contribution in [2.75, 3.05) is 18.1 Å². The maximum atomic E-state index is 12.6. The van der Waals surface area contributed by atoms with Gasteiger partial charge in [-0.25, -0.2) is 4.79 Å². The average Bonchev–Trinajstić information content (AvgIpc) is 3.11. The molecule has 1 aliphatic rings. The van der Waals surface area contributed by atoms with Crippen LogP contribution in [0.2, 0.25) is 0 Å². The highest BCUT2D eigenvalue weighted by Gasteiger charge is 2.37. The number of thiol groups is 2. The zero-order chi connectivity index (χ0) is 20.7. The van der Waals surface area contributed by atoms with E-state index in [0.717, 1.165) is 0 Å². The summed E-state index contributed by atoms with van der Waals surface area (Å²) in [6.45, 7) is 3.74. The second-order valence-electron chi connectivity index (χ2n) is 6.79. The lowest BCUT2D eigenvalue weighted by Crippen LogP contribution is -2.57. The quantitative estimate of drug-likeness (QED) is 0.261. The molecule has 9 nitrogen and oxygen atoms in total. The van der Waals surface area contributed by atoms with E-state index in [4.69, 9.17) is 5.73 Å². The molecule has 0 aliphatic carbocycles. The molecule has 154 valence electrons. The Morgan fingerprint density at radius 1 is 1.19 bits per heavy atom. The van der Waals surface area contributed by atoms with Crippen LogP contribution >= 0.6 is 25.3 Å². The Bertz CT molecular complexity index is 575. The van der Waals surface area contributed by atoms with E-state index in [2.05, 4.69) is 35.9 Å². The van der Waals surface area contributed by atoms with Crippen LogP contribution in [-0.2, 0) is 19.2 Å². The van der Waals surface area contributed by atoms with Gasteiger partial charge in [0.15, 0.2) is 0 Å². The second-order valence-corrected chi connectivity index (χ2v) is 7.52. The highest BCUT2D eigenvalue weighted by atomic mass is 32.1. The Morgan fingerprint density at radius 2 is 1.81 bits per heavy atom. The number of hydrogen-bond donors (Lipinski definition) is 6. The monoisotopic (exact) mass is 420 g/mol. The van der Waals surface area contributed by atoms with Gasteiger partial charge >= 0.3 is 5.97 Å². The Kier molecular flexibility index (Phi) is 9.40. The van der Waals surface area contributed by atoms with Gasteiger partial charge in [-0.15, -0.1) is 0 Å². The first-order chi connectivity index (χ1) is 12.6. The first-order valence-corrected chi connectivity index (χ1v) is 10.0. The van der Waals surface area contributed by atoms with Crippen molar-refractivity contribution in [2.24, 2.45) is 11.7 Å². The molecule has 0 aromatic heterocycles. The molecule has 3 amide bonds. The van der Waals surface area contributed by atoms with Gasteiger partial charge in [-0.3, -0.25) is 14.4 Å². The van der Waals surface area contributed by atoms with Gasteiger partial charge < -0.3 is 26.4 Å². The summed E-state index contributed by atoms with van der Waals surface area (Å²) in [6, 6.07) is -3.61. The van der Waals surface area contributed by atoms with Crippen LogP contribution in [0.15, 0.2) is 0 Å². The number of carboxylic acid groups (broad SMARTS) is 1. The summed E-state index contributed by atoms with van der Waals surface area (Å²) in [5, 5.41) is 14.2. The predicted molar refractivity (Wildman–Crippen MR) is 107 cm³/mol. The van der Waals surface area contributed by atoms with Crippen LogP contribution in [0.25, 0.3) is 0 Å². The molecule has 1 heterocycles. The summed E-state index contributed by atoms with van der Waals surface area (Å²) in [6.07, 6.45) is 1.11. The van der Waals surface area contributed by atoms with Crippen LogP contribution in [-0.4, -0.2) is 75.9 Å². The molecule has 0 radical (unpaired) electrons. The molecule has 1 aliphatic heterocycles. The minimum absolute atomic E-state index is 0.0151. The van der Waals surface area contributed by atoms with Gasteiger partial charge in [0, 0.05) is 18.1 Å². The van der Waals surface area contributed by atoms with Crippen LogP contribution in [0, 0.1) is 5.92 Å². The first kappa shape index (κ1) is 23.6. The van der Waals surface area contributed by atoms with Gasteiger partial charge in [-0.2, -0.15) is 25.3 Å². The standard InChI is InChI=1S/C16H28N4O5S2/c1-8(2)12(16(24)25)19-13(21)10(7-27)18-14(22)11-4-3-5-20(11)15(23)9(17)6-26/h8-12,26-27H,3-7,17H2,1-2H3,(H,18,22)(H,19,21)(H,24,25).